The minimum absolute atomic E-state index is 0.0225. The highest BCUT2D eigenvalue weighted by Crippen LogP contribution is 2.31. The lowest BCUT2D eigenvalue weighted by Gasteiger charge is -2.20. The van der Waals surface area contributed by atoms with Crippen molar-refractivity contribution in [2.75, 3.05) is 14.2 Å². The second-order valence-electron chi connectivity index (χ2n) is 5.73. The molecule has 0 saturated heterocycles. The average molecular weight is 391 g/mol. The van der Waals surface area contributed by atoms with Gasteiger partial charge in [-0.1, -0.05) is 6.07 Å². The molecule has 1 atom stereocenters. The Morgan fingerprint density at radius 1 is 1.15 bits per heavy atom. The van der Waals surface area contributed by atoms with E-state index in [1.807, 2.05) is 0 Å². The number of carbonyl (C=O) groups excluding carboxylic acids is 2. The van der Waals surface area contributed by atoms with Gasteiger partial charge in [-0.2, -0.15) is 0 Å². The van der Waals surface area contributed by atoms with Crippen LogP contribution in [0.5, 0.6) is 11.5 Å². The Labute approximate surface area is 160 Å². The first kappa shape index (κ1) is 20.4. The van der Waals surface area contributed by atoms with Crippen LogP contribution in [0.15, 0.2) is 35.7 Å². The first-order chi connectivity index (χ1) is 12.9. The van der Waals surface area contributed by atoms with Gasteiger partial charge in [0.05, 0.1) is 31.6 Å². The number of carboxylic acids is 1. The van der Waals surface area contributed by atoms with E-state index in [4.69, 9.17) is 9.47 Å². The third-order valence-electron chi connectivity index (χ3n) is 3.91. The topological polar surface area (TPSA) is 102 Å². The van der Waals surface area contributed by atoms with Crippen LogP contribution in [0.2, 0.25) is 0 Å². The third-order valence-corrected chi connectivity index (χ3v) is 4.82. The number of hydrogen-bond acceptors (Lipinski definition) is 6. The van der Waals surface area contributed by atoms with Crippen molar-refractivity contribution in [1.82, 2.24) is 5.32 Å². The summed E-state index contributed by atoms with van der Waals surface area (Å²) in [7, 11) is 2.97. The van der Waals surface area contributed by atoms with Crippen molar-refractivity contribution in [2.24, 2.45) is 0 Å². The van der Waals surface area contributed by atoms with Crippen LogP contribution < -0.4 is 14.8 Å². The molecule has 0 aliphatic heterocycles. The number of ether oxygens (including phenoxy) is 2. The lowest BCUT2D eigenvalue weighted by Crippen LogP contribution is -2.30. The summed E-state index contributed by atoms with van der Waals surface area (Å²) in [5, 5.41) is 13.7. The highest BCUT2D eigenvalue weighted by Gasteiger charge is 2.22. The SMILES string of the molecule is COc1ccc(C(CC(=O)O)NC(=O)CCC(=O)c2cccs2)c(OC)c1. The fourth-order valence-corrected chi connectivity index (χ4v) is 3.27. The Hall–Kier alpha value is -2.87. The Morgan fingerprint density at radius 2 is 1.93 bits per heavy atom. The van der Waals surface area contributed by atoms with E-state index >= 15 is 0 Å². The van der Waals surface area contributed by atoms with Gasteiger partial charge >= 0.3 is 5.97 Å². The number of methoxy groups -OCH3 is 2. The quantitative estimate of drug-likeness (QED) is 0.604. The van der Waals surface area contributed by atoms with E-state index in [1.165, 1.54) is 25.6 Å². The molecule has 0 aliphatic rings. The summed E-state index contributed by atoms with van der Waals surface area (Å²) < 4.78 is 10.4. The maximum absolute atomic E-state index is 12.3. The van der Waals surface area contributed by atoms with Gasteiger partial charge in [-0.05, 0) is 23.6 Å². The molecule has 0 radical (unpaired) electrons. The molecular formula is C19H21NO6S. The van der Waals surface area contributed by atoms with Gasteiger partial charge in [-0.3, -0.25) is 14.4 Å². The highest BCUT2D eigenvalue weighted by molar-refractivity contribution is 7.12. The highest BCUT2D eigenvalue weighted by atomic mass is 32.1. The van der Waals surface area contributed by atoms with Crippen molar-refractivity contribution in [3.05, 3.63) is 46.2 Å². The molecule has 2 N–H and O–H groups in total. The second kappa shape index (κ2) is 9.72. The number of hydrogen-bond donors (Lipinski definition) is 2. The second-order valence-corrected chi connectivity index (χ2v) is 6.67. The minimum Gasteiger partial charge on any atom is -0.497 e. The van der Waals surface area contributed by atoms with Crippen LogP contribution in [-0.4, -0.2) is 37.0 Å². The largest absolute Gasteiger partial charge is 0.497 e. The number of ketones is 1. The smallest absolute Gasteiger partial charge is 0.305 e. The molecule has 144 valence electrons. The van der Waals surface area contributed by atoms with Crippen LogP contribution in [0, 0.1) is 0 Å². The maximum atomic E-state index is 12.3. The standard InChI is InChI=1S/C19H21NO6S/c1-25-12-5-6-13(16(10-12)26-2)14(11-19(23)24)20-18(22)8-7-15(21)17-4-3-9-27-17/h3-6,9-10,14H,7-8,11H2,1-2H3,(H,20,22)(H,23,24). The van der Waals surface area contributed by atoms with Gasteiger partial charge in [0, 0.05) is 24.5 Å². The molecule has 0 bridgehead atoms. The zero-order chi connectivity index (χ0) is 19.8. The zero-order valence-electron chi connectivity index (χ0n) is 15.1. The summed E-state index contributed by atoms with van der Waals surface area (Å²) in [4.78, 5) is 36.1. The van der Waals surface area contributed by atoms with Gasteiger partial charge in [-0.15, -0.1) is 11.3 Å². The molecule has 1 unspecified atom stereocenters. The molecule has 7 nitrogen and oxygen atoms in total. The van der Waals surface area contributed by atoms with Crippen LogP contribution in [-0.2, 0) is 9.59 Å². The van der Waals surface area contributed by atoms with Crippen molar-refractivity contribution in [2.45, 2.75) is 25.3 Å². The van der Waals surface area contributed by atoms with Crippen molar-refractivity contribution in [3.8, 4) is 11.5 Å². The number of carboxylic acid groups (broad SMARTS) is 1. The van der Waals surface area contributed by atoms with Gasteiger partial charge in [0.25, 0.3) is 0 Å². The van der Waals surface area contributed by atoms with Gasteiger partial charge in [0.2, 0.25) is 5.91 Å². The lowest BCUT2D eigenvalue weighted by molar-refractivity contribution is -0.137. The number of nitrogens with one attached hydrogen (secondary N) is 1. The van der Waals surface area contributed by atoms with E-state index in [9.17, 15) is 19.5 Å². The molecule has 0 saturated carbocycles. The molecule has 0 fully saturated rings. The van der Waals surface area contributed by atoms with E-state index in [1.54, 1.807) is 35.7 Å². The molecule has 1 heterocycles. The summed E-state index contributed by atoms with van der Waals surface area (Å²) in [5.74, 6) is -0.609. The predicted molar refractivity (Wildman–Crippen MR) is 101 cm³/mol. The van der Waals surface area contributed by atoms with E-state index in [0.717, 1.165) is 0 Å². The Kier molecular flexibility index (Phi) is 7.36. The number of benzene rings is 1. The van der Waals surface area contributed by atoms with Gasteiger partial charge in [0.1, 0.15) is 11.5 Å². The molecule has 1 amide bonds. The third kappa shape index (κ3) is 5.82. The molecule has 1 aromatic heterocycles. The van der Waals surface area contributed by atoms with E-state index in [-0.39, 0.29) is 25.0 Å². The molecular weight excluding hydrogens is 370 g/mol. The monoisotopic (exact) mass is 391 g/mol. The predicted octanol–water partition coefficient (Wildman–Crippen LogP) is 3.06. The summed E-state index contributed by atoms with van der Waals surface area (Å²) in [6.45, 7) is 0. The molecule has 1 aromatic carbocycles. The molecule has 27 heavy (non-hydrogen) atoms. The average Bonchev–Trinajstić information content (AvgIpc) is 3.19. The first-order valence-electron chi connectivity index (χ1n) is 8.24. The van der Waals surface area contributed by atoms with Crippen molar-refractivity contribution in [1.29, 1.82) is 0 Å². The van der Waals surface area contributed by atoms with Crippen molar-refractivity contribution >= 4 is 29.0 Å². The van der Waals surface area contributed by atoms with Crippen molar-refractivity contribution in [3.63, 3.8) is 0 Å². The fourth-order valence-electron chi connectivity index (χ4n) is 2.57. The zero-order valence-corrected chi connectivity index (χ0v) is 15.9. The molecule has 0 aliphatic carbocycles. The number of rotatable bonds is 10. The number of amides is 1. The first-order valence-corrected chi connectivity index (χ1v) is 9.12. The Morgan fingerprint density at radius 3 is 2.52 bits per heavy atom. The number of Topliss-reactive ketones (excluding diaryl/α,β-unsaturated/α-hetero) is 1. The van der Waals surface area contributed by atoms with Gasteiger partial charge in [-0.25, -0.2) is 0 Å². The summed E-state index contributed by atoms with van der Waals surface area (Å²) in [6, 6.07) is 7.64. The van der Waals surface area contributed by atoms with Gasteiger partial charge in [0.15, 0.2) is 5.78 Å². The number of thiophene rings is 1. The molecule has 2 rings (SSSR count). The van der Waals surface area contributed by atoms with E-state index in [0.29, 0.717) is 21.9 Å². The molecule has 0 spiro atoms. The normalized spacial score (nSPS) is 11.5. The lowest BCUT2D eigenvalue weighted by atomic mass is 10.0. The van der Waals surface area contributed by atoms with Crippen LogP contribution >= 0.6 is 11.3 Å². The van der Waals surface area contributed by atoms with Crippen LogP contribution in [0.1, 0.15) is 40.5 Å². The Balaban J connectivity index is 2.08. The number of carbonyl (C=O) groups is 3. The Bertz CT molecular complexity index is 803. The van der Waals surface area contributed by atoms with Crippen LogP contribution in [0.3, 0.4) is 0 Å². The van der Waals surface area contributed by atoms with Crippen LogP contribution in [0.25, 0.3) is 0 Å². The summed E-state index contributed by atoms with van der Waals surface area (Å²) in [5.41, 5.74) is 0.527. The van der Waals surface area contributed by atoms with Gasteiger partial charge < -0.3 is 19.9 Å². The molecule has 2 aromatic rings. The van der Waals surface area contributed by atoms with Crippen molar-refractivity contribution < 1.29 is 29.0 Å². The summed E-state index contributed by atoms with van der Waals surface area (Å²) in [6.07, 6.45) is -0.273. The van der Waals surface area contributed by atoms with Crippen LogP contribution in [0.4, 0.5) is 0 Å². The number of aliphatic carboxylic acids is 1. The minimum atomic E-state index is -1.06. The fraction of sp³-hybridized carbons (Fsp3) is 0.316. The van der Waals surface area contributed by atoms with E-state index in [2.05, 4.69) is 5.32 Å². The summed E-state index contributed by atoms with van der Waals surface area (Å²) >= 11 is 1.32. The maximum Gasteiger partial charge on any atom is 0.305 e. The molecule has 8 heteroatoms. The van der Waals surface area contributed by atoms with E-state index < -0.39 is 17.9 Å².